The van der Waals surface area contributed by atoms with E-state index >= 15 is 0 Å². The Bertz CT molecular complexity index is 972. The number of hydrogen-bond donors (Lipinski definition) is 0. The Morgan fingerprint density at radius 2 is 2.17 bits per heavy atom. The lowest BCUT2D eigenvalue weighted by atomic mass is 10.1. The molecule has 0 fully saturated rings. The highest BCUT2D eigenvalue weighted by Crippen LogP contribution is 2.26. The van der Waals surface area contributed by atoms with Crippen molar-refractivity contribution in [2.75, 3.05) is 6.61 Å². The first-order valence-corrected chi connectivity index (χ1v) is 7.51. The van der Waals surface area contributed by atoms with Gasteiger partial charge in [-0.25, -0.2) is 9.78 Å². The number of aromatic nitrogens is 3. The minimum absolute atomic E-state index is 0.0271. The SMILES string of the molecule is CCOC(=O)/C(C#N)=C/c1cn(-c2cn(C)cn2)c2ccccc12. The molecule has 2 heterocycles. The fraction of sp³-hybridized carbons (Fsp3) is 0.167. The summed E-state index contributed by atoms with van der Waals surface area (Å²) in [6.45, 7) is 1.94. The summed E-state index contributed by atoms with van der Waals surface area (Å²) >= 11 is 0. The zero-order chi connectivity index (χ0) is 17.1. The maximum atomic E-state index is 11.9. The summed E-state index contributed by atoms with van der Waals surface area (Å²) in [6, 6.07) is 9.68. The summed E-state index contributed by atoms with van der Waals surface area (Å²) < 4.78 is 8.71. The third kappa shape index (κ3) is 2.79. The smallest absolute Gasteiger partial charge is 0.348 e. The van der Waals surface area contributed by atoms with Gasteiger partial charge in [-0.3, -0.25) is 4.57 Å². The molecule has 0 atom stereocenters. The fourth-order valence-corrected chi connectivity index (χ4v) is 2.54. The van der Waals surface area contributed by atoms with Gasteiger partial charge in [0.25, 0.3) is 0 Å². The van der Waals surface area contributed by atoms with Gasteiger partial charge in [0.15, 0.2) is 5.82 Å². The molecule has 6 nitrogen and oxygen atoms in total. The summed E-state index contributed by atoms with van der Waals surface area (Å²) in [7, 11) is 1.90. The lowest BCUT2D eigenvalue weighted by Crippen LogP contribution is -2.05. The van der Waals surface area contributed by atoms with Crippen LogP contribution in [0.4, 0.5) is 0 Å². The number of aryl methyl sites for hydroxylation is 1. The van der Waals surface area contributed by atoms with Crippen LogP contribution < -0.4 is 0 Å². The topological polar surface area (TPSA) is 72.8 Å². The number of rotatable bonds is 4. The lowest BCUT2D eigenvalue weighted by Gasteiger charge is -1.99. The molecule has 0 saturated carbocycles. The Kier molecular flexibility index (Phi) is 4.17. The van der Waals surface area contributed by atoms with Crippen molar-refractivity contribution in [2.45, 2.75) is 6.92 Å². The number of nitriles is 1. The number of carbonyl (C=O) groups excluding carboxylic acids is 1. The Morgan fingerprint density at radius 1 is 1.38 bits per heavy atom. The van der Waals surface area contributed by atoms with E-state index in [9.17, 15) is 10.1 Å². The number of imidazole rings is 1. The number of carbonyl (C=O) groups is 1. The first-order chi connectivity index (χ1) is 11.6. The zero-order valence-electron chi connectivity index (χ0n) is 13.4. The molecule has 3 aromatic rings. The van der Waals surface area contributed by atoms with Gasteiger partial charge >= 0.3 is 5.97 Å². The van der Waals surface area contributed by atoms with E-state index < -0.39 is 5.97 Å². The van der Waals surface area contributed by atoms with Gasteiger partial charge in [0.05, 0.1) is 18.5 Å². The van der Waals surface area contributed by atoms with Crippen LogP contribution in [0.25, 0.3) is 22.8 Å². The molecular formula is C18H16N4O2. The number of hydrogen-bond acceptors (Lipinski definition) is 4. The molecule has 120 valence electrons. The molecule has 0 bridgehead atoms. The van der Waals surface area contributed by atoms with Crippen molar-refractivity contribution >= 4 is 22.9 Å². The van der Waals surface area contributed by atoms with Crippen LogP contribution in [0.15, 0.2) is 48.6 Å². The van der Waals surface area contributed by atoms with Crippen molar-refractivity contribution in [1.82, 2.24) is 14.1 Å². The average molecular weight is 320 g/mol. The number of para-hydroxylation sites is 1. The van der Waals surface area contributed by atoms with Crippen LogP contribution in [0.2, 0.25) is 0 Å². The van der Waals surface area contributed by atoms with Crippen molar-refractivity contribution < 1.29 is 9.53 Å². The second-order valence-corrected chi connectivity index (χ2v) is 5.26. The largest absolute Gasteiger partial charge is 0.462 e. The highest BCUT2D eigenvalue weighted by Gasteiger charge is 2.14. The molecule has 0 N–H and O–H groups in total. The first-order valence-electron chi connectivity index (χ1n) is 7.51. The highest BCUT2D eigenvalue weighted by molar-refractivity contribution is 6.01. The van der Waals surface area contributed by atoms with E-state index in [-0.39, 0.29) is 12.2 Å². The van der Waals surface area contributed by atoms with Gasteiger partial charge in [0.2, 0.25) is 0 Å². The third-order valence-electron chi connectivity index (χ3n) is 3.60. The van der Waals surface area contributed by atoms with E-state index in [1.807, 2.05) is 58.9 Å². The van der Waals surface area contributed by atoms with Gasteiger partial charge in [-0.2, -0.15) is 5.26 Å². The second kappa shape index (κ2) is 6.42. The standard InChI is InChI=1S/C18H16N4O2/c1-3-24-18(23)13(9-19)8-14-10-22(17-11-21(2)12-20-17)16-7-5-4-6-15(14)16/h4-8,10-12H,3H2,1-2H3/b13-8+. The van der Waals surface area contributed by atoms with E-state index in [1.54, 1.807) is 19.3 Å². The maximum absolute atomic E-state index is 11.9. The number of nitrogens with zero attached hydrogens (tertiary/aromatic N) is 4. The van der Waals surface area contributed by atoms with Crippen LogP contribution in [0.3, 0.4) is 0 Å². The summed E-state index contributed by atoms with van der Waals surface area (Å²) in [6.07, 6.45) is 7.04. The molecule has 6 heteroatoms. The predicted molar refractivity (Wildman–Crippen MR) is 90.3 cm³/mol. The van der Waals surface area contributed by atoms with Gasteiger partial charge in [-0.05, 0) is 19.1 Å². The normalized spacial score (nSPS) is 11.5. The minimum atomic E-state index is -0.616. The van der Waals surface area contributed by atoms with Crippen LogP contribution in [0.1, 0.15) is 12.5 Å². The van der Waals surface area contributed by atoms with E-state index in [0.29, 0.717) is 0 Å². The van der Waals surface area contributed by atoms with E-state index in [0.717, 1.165) is 22.3 Å². The van der Waals surface area contributed by atoms with Gasteiger partial charge < -0.3 is 9.30 Å². The van der Waals surface area contributed by atoms with Crippen molar-refractivity contribution in [2.24, 2.45) is 7.05 Å². The summed E-state index contributed by atoms with van der Waals surface area (Å²) in [5, 5.41) is 10.2. The van der Waals surface area contributed by atoms with Crippen LogP contribution in [0.5, 0.6) is 0 Å². The average Bonchev–Trinajstić information content (AvgIpc) is 3.16. The molecule has 0 unspecified atom stereocenters. The van der Waals surface area contributed by atoms with Crippen LogP contribution >= 0.6 is 0 Å². The molecule has 0 radical (unpaired) electrons. The maximum Gasteiger partial charge on any atom is 0.348 e. The Hall–Kier alpha value is -3.33. The molecule has 0 amide bonds. The number of benzene rings is 1. The molecule has 0 aliphatic heterocycles. The molecule has 1 aromatic carbocycles. The Balaban J connectivity index is 2.16. The monoisotopic (exact) mass is 320 g/mol. The number of fused-ring (bicyclic) bond motifs is 1. The summed E-state index contributed by atoms with van der Waals surface area (Å²) in [4.78, 5) is 16.2. The van der Waals surface area contributed by atoms with Crippen LogP contribution in [-0.4, -0.2) is 26.7 Å². The molecule has 0 spiro atoms. The first kappa shape index (κ1) is 15.6. The van der Waals surface area contributed by atoms with Crippen LogP contribution in [0, 0.1) is 11.3 Å². The minimum Gasteiger partial charge on any atom is -0.462 e. The Labute approximate surface area is 139 Å². The summed E-state index contributed by atoms with van der Waals surface area (Å²) in [5.74, 6) is 0.151. The second-order valence-electron chi connectivity index (χ2n) is 5.26. The van der Waals surface area contributed by atoms with E-state index in [2.05, 4.69) is 4.98 Å². The van der Waals surface area contributed by atoms with E-state index in [1.165, 1.54) is 0 Å². The fourth-order valence-electron chi connectivity index (χ4n) is 2.54. The van der Waals surface area contributed by atoms with Crippen molar-refractivity contribution in [3.63, 3.8) is 0 Å². The molecule has 3 rings (SSSR count). The van der Waals surface area contributed by atoms with Gasteiger partial charge in [0, 0.05) is 30.4 Å². The molecule has 2 aromatic heterocycles. The van der Waals surface area contributed by atoms with Crippen LogP contribution in [-0.2, 0) is 16.6 Å². The molecule has 24 heavy (non-hydrogen) atoms. The highest BCUT2D eigenvalue weighted by atomic mass is 16.5. The number of ether oxygens (including phenoxy) is 1. The quantitative estimate of drug-likeness (QED) is 0.421. The van der Waals surface area contributed by atoms with Crippen molar-refractivity contribution in [3.8, 4) is 11.9 Å². The summed E-state index contributed by atoms with van der Waals surface area (Å²) in [5.41, 5.74) is 1.69. The van der Waals surface area contributed by atoms with Gasteiger partial charge in [0.1, 0.15) is 11.6 Å². The molecule has 0 aliphatic rings. The van der Waals surface area contributed by atoms with Gasteiger partial charge in [-0.15, -0.1) is 0 Å². The van der Waals surface area contributed by atoms with Gasteiger partial charge in [-0.1, -0.05) is 18.2 Å². The predicted octanol–water partition coefficient (Wildman–Crippen LogP) is 2.83. The lowest BCUT2D eigenvalue weighted by molar-refractivity contribution is -0.137. The Morgan fingerprint density at radius 3 is 2.83 bits per heavy atom. The molecule has 0 aliphatic carbocycles. The molecular weight excluding hydrogens is 304 g/mol. The third-order valence-corrected chi connectivity index (χ3v) is 3.60. The van der Waals surface area contributed by atoms with Crippen molar-refractivity contribution in [1.29, 1.82) is 5.26 Å². The van der Waals surface area contributed by atoms with E-state index in [4.69, 9.17) is 4.74 Å². The number of esters is 1. The molecule has 0 saturated heterocycles. The van der Waals surface area contributed by atoms with Crippen molar-refractivity contribution in [3.05, 3.63) is 54.1 Å². The zero-order valence-corrected chi connectivity index (χ0v) is 13.4.